The van der Waals surface area contributed by atoms with E-state index in [9.17, 15) is 13.2 Å². The van der Waals surface area contributed by atoms with Crippen LogP contribution in [-0.2, 0) is 6.18 Å². The highest BCUT2D eigenvalue weighted by Gasteiger charge is 2.31. The van der Waals surface area contributed by atoms with Crippen molar-refractivity contribution in [3.63, 3.8) is 0 Å². The molecule has 1 unspecified atom stereocenters. The van der Waals surface area contributed by atoms with Crippen LogP contribution in [0.2, 0.25) is 0 Å². The predicted octanol–water partition coefficient (Wildman–Crippen LogP) is 4.42. The van der Waals surface area contributed by atoms with Gasteiger partial charge in [0.05, 0.1) is 5.56 Å². The fraction of sp³-hybridized carbons (Fsp3) is 0.571. The highest BCUT2D eigenvalue weighted by atomic mass is 32.2. The first-order valence-corrected chi connectivity index (χ1v) is 7.69. The Bertz CT molecular complexity index is 404. The fourth-order valence-electron chi connectivity index (χ4n) is 1.99. The molecule has 1 atom stereocenters. The first-order valence-electron chi connectivity index (χ1n) is 6.30. The molecule has 1 rings (SSSR count). The topological polar surface area (TPSA) is 12.0 Å². The van der Waals surface area contributed by atoms with E-state index >= 15 is 0 Å². The Labute approximate surface area is 117 Å². The Morgan fingerprint density at radius 1 is 1.32 bits per heavy atom. The zero-order valence-electron chi connectivity index (χ0n) is 11.5. The molecule has 5 heteroatoms. The average molecular weight is 291 g/mol. The molecule has 0 saturated heterocycles. The third-order valence-electron chi connectivity index (χ3n) is 2.95. The van der Waals surface area contributed by atoms with Crippen LogP contribution >= 0.6 is 11.8 Å². The van der Waals surface area contributed by atoms with Gasteiger partial charge in [0, 0.05) is 11.8 Å². The van der Waals surface area contributed by atoms with E-state index in [0.29, 0.717) is 5.56 Å². The molecule has 19 heavy (non-hydrogen) atoms. The van der Waals surface area contributed by atoms with Crippen LogP contribution < -0.4 is 5.32 Å². The molecule has 0 aliphatic carbocycles. The number of rotatable bonds is 6. The van der Waals surface area contributed by atoms with E-state index in [1.807, 2.05) is 6.26 Å². The molecule has 0 bridgehead atoms. The van der Waals surface area contributed by atoms with Crippen molar-refractivity contribution in [2.75, 3.05) is 18.6 Å². The van der Waals surface area contributed by atoms with Crippen molar-refractivity contribution in [1.29, 1.82) is 0 Å². The van der Waals surface area contributed by atoms with Crippen molar-refractivity contribution in [1.82, 2.24) is 5.32 Å². The third kappa shape index (κ3) is 4.73. The standard InChI is InChI=1S/C14H20F3NS/c1-4-7-18-13(9-19-3)12-6-5-11(8-10(12)2)14(15,16)17/h5-6,8,13,18H,4,7,9H2,1-3H3. The van der Waals surface area contributed by atoms with Gasteiger partial charge in [-0.3, -0.25) is 0 Å². The highest BCUT2D eigenvalue weighted by molar-refractivity contribution is 7.98. The van der Waals surface area contributed by atoms with Crippen molar-refractivity contribution in [2.24, 2.45) is 0 Å². The maximum absolute atomic E-state index is 12.6. The Balaban J connectivity index is 2.97. The molecule has 1 nitrogen and oxygen atoms in total. The SMILES string of the molecule is CCCNC(CSC)c1ccc(C(F)(F)F)cc1C. The lowest BCUT2D eigenvalue weighted by Gasteiger charge is -2.21. The number of aryl methyl sites for hydroxylation is 1. The molecule has 0 radical (unpaired) electrons. The summed E-state index contributed by atoms with van der Waals surface area (Å²) in [6, 6.07) is 4.11. The van der Waals surface area contributed by atoms with Crippen molar-refractivity contribution in [3.05, 3.63) is 34.9 Å². The summed E-state index contributed by atoms with van der Waals surface area (Å²) in [6.07, 6.45) is -1.26. The molecule has 1 aromatic rings. The van der Waals surface area contributed by atoms with Gasteiger partial charge in [0.25, 0.3) is 0 Å². The van der Waals surface area contributed by atoms with Gasteiger partial charge < -0.3 is 5.32 Å². The van der Waals surface area contributed by atoms with E-state index in [0.717, 1.165) is 24.3 Å². The van der Waals surface area contributed by atoms with Crippen LogP contribution in [0.4, 0.5) is 13.2 Å². The quantitative estimate of drug-likeness (QED) is 0.833. The number of nitrogens with one attached hydrogen (secondary N) is 1. The molecule has 0 heterocycles. The van der Waals surface area contributed by atoms with E-state index < -0.39 is 11.7 Å². The minimum Gasteiger partial charge on any atom is -0.309 e. The number of alkyl halides is 3. The summed E-state index contributed by atoms with van der Waals surface area (Å²) in [5, 5.41) is 3.38. The summed E-state index contributed by atoms with van der Waals surface area (Å²) < 4.78 is 37.9. The molecule has 0 fully saturated rings. The summed E-state index contributed by atoms with van der Waals surface area (Å²) in [5.41, 5.74) is 1.07. The second-order valence-corrected chi connectivity index (χ2v) is 5.44. The summed E-state index contributed by atoms with van der Waals surface area (Å²) in [7, 11) is 0. The van der Waals surface area contributed by atoms with E-state index in [-0.39, 0.29) is 6.04 Å². The van der Waals surface area contributed by atoms with Crippen LogP contribution in [0.3, 0.4) is 0 Å². The lowest BCUT2D eigenvalue weighted by atomic mass is 9.99. The Kier molecular flexibility index (Phi) is 6.20. The average Bonchev–Trinajstić information content (AvgIpc) is 2.33. The molecule has 0 saturated carbocycles. The molecule has 1 N–H and O–H groups in total. The molecular weight excluding hydrogens is 271 g/mol. The smallest absolute Gasteiger partial charge is 0.309 e. The van der Waals surface area contributed by atoms with Gasteiger partial charge in [-0.2, -0.15) is 24.9 Å². The fourth-order valence-corrected chi connectivity index (χ4v) is 2.62. The van der Waals surface area contributed by atoms with Crippen LogP contribution in [0.5, 0.6) is 0 Å². The minimum absolute atomic E-state index is 0.109. The maximum atomic E-state index is 12.6. The zero-order chi connectivity index (χ0) is 14.5. The number of thioether (sulfide) groups is 1. The van der Waals surface area contributed by atoms with Gasteiger partial charge in [0.1, 0.15) is 0 Å². The molecule has 108 valence electrons. The first kappa shape index (κ1) is 16.4. The lowest BCUT2D eigenvalue weighted by molar-refractivity contribution is -0.137. The molecule has 0 aromatic heterocycles. The van der Waals surface area contributed by atoms with Crippen molar-refractivity contribution < 1.29 is 13.2 Å². The second-order valence-electron chi connectivity index (χ2n) is 4.53. The summed E-state index contributed by atoms with van der Waals surface area (Å²) in [6.45, 7) is 4.68. The van der Waals surface area contributed by atoms with Gasteiger partial charge in [-0.15, -0.1) is 0 Å². The minimum atomic E-state index is -4.27. The normalized spacial score (nSPS) is 13.6. The van der Waals surface area contributed by atoms with Gasteiger partial charge in [0.2, 0.25) is 0 Å². The third-order valence-corrected chi connectivity index (χ3v) is 3.61. The molecule has 0 aliphatic rings. The molecule has 0 spiro atoms. The van der Waals surface area contributed by atoms with E-state index in [1.165, 1.54) is 12.1 Å². The Hall–Kier alpha value is -0.680. The zero-order valence-corrected chi connectivity index (χ0v) is 12.3. The van der Waals surface area contributed by atoms with Crippen molar-refractivity contribution in [3.8, 4) is 0 Å². The largest absolute Gasteiger partial charge is 0.416 e. The predicted molar refractivity (Wildman–Crippen MR) is 75.6 cm³/mol. The van der Waals surface area contributed by atoms with E-state index in [2.05, 4.69) is 12.2 Å². The van der Waals surface area contributed by atoms with Crippen LogP contribution in [-0.4, -0.2) is 18.6 Å². The maximum Gasteiger partial charge on any atom is 0.416 e. The number of halogens is 3. The lowest BCUT2D eigenvalue weighted by Crippen LogP contribution is -2.25. The van der Waals surface area contributed by atoms with Crippen LogP contribution in [0, 0.1) is 6.92 Å². The summed E-state index contributed by atoms with van der Waals surface area (Å²) >= 11 is 1.69. The van der Waals surface area contributed by atoms with E-state index in [1.54, 1.807) is 24.8 Å². The molecule has 1 aromatic carbocycles. The first-order chi connectivity index (χ1) is 8.90. The van der Waals surface area contributed by atoms with Crippen molar-refractivity contribution >= 4 is 11.8 Å². The van der Waals surface area contributed by atoms with Crippen LogP contribution in [0.15, 0.2) is 18.2 Å². The Morgan fingerprint density at radius 2 is 2.00 bits per heavy atom. The molecule has 0 aliphatic heterocycles. The number of benzene rings is 1. The number of hydrogen-bond acceptors (Lipinski definition) is 2. The number of hydrogen-bond donors (Lipinski definition) is 1. The highest BCUT2D eigenvalue weighted by Crippen LogP contribution is 2.32. The van der Waals surface area contributed by atoms with Gasteiger partial charge in [-0.1, -0.05) is 13.0 Å². The van der Waals surface area contributed by atoms with Crippen molar-refractivity contribution in [2.45, 2.75) is 32.5 Å². The van der Waals surface area contributed by atoms with E-state index in [4.69, 9.17) is 0 Å². The van der Waals surface area contributed by atoms with Crippen LogP contribution in [0.25, 0.3) is 0 Å². The Morgan fingerprint density at radius 3 is 2.47 bits per heavy atom. The summed E-state index contributed by atoms with van der Waals surface area (Å²) in [5.74, 6) is 0.853. The molecule has 0 amide bonds. The molecular formula is C14H20F3NS. The monoisotopic (exact) mass is 291 g/mol. The van der Waals surface area contributed by atoms with Gasteiger partial charge in [0.15, 0.2) is 0 Å². The van der Waals surface area contributed by atoms with Gasteiger partial charge in [-0.25, -0.2) is 0 Å². The van der Waals surface area contributed by atoms with Crippen LogP contribution in [0.1, 0.15) is 36.1 Å². The second kappa shape index (κ2) is 7.20. The van der Waals surface area contributed by atoms with Gasteiger partial charge >= 0.3 is 6.18 Å². The van der Waals surface area contributed by atoms with Gasteiger partial charge in [-0.05, 0) is 49.4 Å². The summed E-state index contributed by atoms with van der Waals surface area (Å²) in [4.78, 5) is 0.